The maximum atomic E-state index is 5.52. The van der Waals surface area contributed by atoms with Crippen molar-refractivity contribution in [1.82, 2.24) is 14.9 Å². The van der Waals surface area contributed by atoms with Crippen molar-refractivity contribution < 1.29 is 14.2 Å². The summed E-state index contributed by atoms with van der Waals surface area (Å²) in [6.45, 7) is 2.59. The van der Waals surface area contributed by atoms with Crippen LogP contribution >= 0.6 is 11.8 Å². The number of methoxy groups -OCH3 is 2. The third-order valence-corrected chi connectivity index (χ3v) is 5.24. The fraction of sp³-hybridized carbons (Fsp3) is 0.250. The summed E-state index contributed by atoms with van der Waals surface area (Å²) >= 11 is 1.59. The number of hydrogen-bond acceptors (Lipinski definition) is 7. The third-order valence-electron chi connectivity index (χ3n) is 4.31. The summed E-state index contributed by atoms with van der Waals surface area (Å²) in [7, 11) is 3.29. The number of fused-ring (bicyclic) bond motifs is 1. The van der Waals surface area contributed by atoms with Crippen LogP contribution in [0.5, 0.6) is 17.2 Å². The second-order valence-corrected chi connectivity index (χ2v) is 6.92. The molecule has 0 unspecified atom stereocenters. The summed E-state index contributed by atoms with van der Waals surface area (Å²) in [5, 5.41) is 14.2. The number of ether oxygens (including phenoxy) is 3. The molecule has 1 aliphatic rings. The SMILES string of the molecule is CCOc1ccc(-c2nnc3n2N=C(c2cc(OC)ccc2OC)CS3)cc1. The smallest absolute Gasteiger partial charge is 0.212 e. The van der Waals surface area contributed by atoms with E-state index in [1.54, 1.807) is 30.7 Å². The number of benzene rings is 2. The molecule has 0 atom stereocenters. The van der Waals surface area contributed by atoms with Gasteiger partial charge in [0.05, 0.1) is 26.5 Å². The first kappa shape index (κ1) is 18.4. The van der Waals surface area contributed by atoms with E-state index in [1.807, 2.05) is 49.4 Å². The van der Waals surface area contributed by atoms with Gasteiger partial charge in [-0.1, -0.05) is 11.8 Å². The lowest BCUT2D eigenvalue weighted by Gasteiger charge is -2.16. The molecule has 1 aromatic heterocycles. The zero-order valence-corrected chi connectivity index (χ0v) is 16.7. The second kappa shape index (κ2) is 7.93. The van der Waals surface area contributed by atoms with Crippen molar-refractivity contribution in [2.75, 3.05) is 26.6 Å². The van der Waals surface area contributed by atoms with Gasteiger partial charge in [0.2, 0.25) is 5.16 Å². The highest BCUT2D eigenvalue weighted by molar-refractivity contribution is 7.99. The van der Waals surface area contributed by atoms with Crippen LogP contribution in [0.2, 0.25) is 0 Å². The van der Waals surface area contributed by atoms with E-state index in [-0.39, 0.29) is 0 Å². The van der Waals surface area contributed by atoms with Crippen LogP contribution in [0.3, 0.4) is 0 Å². The minimum absolute atomic E-state index is 0.631. The van der Waals surface area contributed by atoms with Gasteiger partial charge >= 0.3 is 0 Å². The second-order valence-electron chi connectivity index (χ2n) is 5.98. The van der Waals surface area contributed by atoms with E-state index in [0.717, 1.165) is 39.2 Å². The van der Waals surface area contributed by atoms with Gasteiger partial charge in [0, 0.05) is 16.9 Å². The van der Waals surface area contributed by atoms with Gasteiger partial charge in [0.15, 0.2) is 5.82 Å². The van der Waals surface area contributed by atoms with Gasteiger partial charge in [-0.2, -0.15) is 9.78 Å². The molecule has 0 aliphatic carbocycles. The van der Waals surface area contributed by atoms with Crippen molar-refractivity contribution >= 4 is 17.5 Å². The molecule has 8 heteroatoms. The molecule has 28 heavy (non-hydrogen) atoms. The van der Waals surface area contributed by atoms with Gasteiger partial charge in [-0.15, -0.1) is 10.2 Å². The van der Waals surface area contributed by atoms with Gasteiger partial charge in [0.25, 0.3) is 0 Å². The average Bonchev–Trinajstić information content (AvgIpc) is 3.17. The van der Waals surface area contributed by atoms with Gasteiger partial charge in [-0.05, 0) is 49.4 Å². The lowest BCUT2D eigenvalue weighted by molar-refractivity contribution is 0.340. The van der Waals surface area contributed by atoms with E-state index in [4.69, 9.17) is 19.3 Å². The topological polar surface area (TPSA) is 70.8 Å². The van der Waals surface area contributed by atoms with Crippen LogP contribution in [0.15, 0.2) is 52.7 Å². The van der Waals surface area contributed by atoms with E-state index in [0.29, 0.717) is 18.2 Å². The van der Waals surface area contributed by atoms with Crippen LogP contribution < -0.4 is 14.2 Å². The molecule has 0 N–H and O–H groups in total. The maximum Gasteiger partial charge on any atom is 0.212 e. The lowest BCUT2D eigenvalue weighted by Crippen LogP contribution is -2.15. The lowest BCUT2D eigenvalue weighted by atomic mass is 10.1. The van der Waals surface area contributed by atoms with Crippen LogP contribution in [-0.2, 0) is 0 Å². The normalized spacial score (nSPS) is 12.9. The van der Waals surface area contributed by atoms with E-state index < -0.39 is 0 Å². The largest absolute Gasteiger partial charge is 0.497 e. The number of nitrogens with zero attached hydrogens (tertiary/aromatic N) is 4. The van der Waals surface area contributed by atoms with Crippen molar-refractivity contribution in [3.8, 4) is 28.6 Å². The van der Waals surface area contributed by atoms with Gasteiger partial charge < -0.3 is 14.2 Å². The number of thioether (sulfide) groups is 1. The molecule has 0 fully saturated rings. The monoisotopic (exact) mass is 396 g/mol. The molecule has 2 aromatic carbocycles. The quantitative estimate of drug-likeness (QED) is 0.632. The van der Waals surface area contributed by atoms with Crippen LogP contribution in [0.25, 0.3) is 11.4 Å². The number of rotatable bonds is 6. The molecule has 0 bridgehead atoms. The Morgan fingerprint density at radius 3 is 2.50 bits per heavy atom. The maximum absolute atomic E-state index is 5.52. The predicted molar refractivity (Wildman–Crippen MR) is 109 cm³/mol. The van der Waals surface area contributed by atoms with Gasteiger partial charge in [-0.3, -0.25) is 0 Å². The average molecular weight is 396 g/mol. The Morgan fingerprint density at radius 1 is 1.00 bits per heavy atom. The summed E-state index contributed by atoms with van der Waals surface area (Å²) < 4.78 is 18.2. The summed E-state index contributed by atoms with van der Waals surface area (Å²) in [5.74, 6) is 3.68. The fourth-order valence-corrected chi connectivity index (χ4v) is 3.77. The van der Waals surface area contributed by atoms with Crippen molar-refractivity contribution in [3.63, 3.8) is 0 Å². The molecule has 0 spiro atoms. The molecule has 3 aromatic rings. The Bertz CT molecular complexity index is 1010. The predicted octanol–water partition coefficient (Wildman–Crippen LogP) is 3.72. The first-order valence-electron chi connectivity index (χ1n) is 8.85. The molecule has 7 nitrogen and oxygen atoms in total. The Labute approximate surface area is 167 Å². The van der Waals surface area contributed by atoms with E-state index in [1.165, 1.54) is 0 Å². The fourth-order valence-electron chi connectivity index (χ4n) is 2.95. The molecule has 2 heterocycles. The number of aromatic nitrogens is 3. The Hall–Kier alpha value is -3.00. The van der Waals surface area contributed by atoms with Crippen molar-refractivity contribution in [2.45, 2.75) is 12.1 Å². The van der Waals surface area contributed by atoms with Crippen LogP contribution in [0.4, 0.5) is 0 Å². The summed E-state index contributed by atoms with van der Waals surface area (Å²) in [6, 6.07) is 13.5. The molecule has 0 radical (unpaired) electrons. The van der Waals surface area contributed by atoms with Crippen LogP contribution in [-0.4, -0.2) is 47.2 Å². The molecule has 0 amide bonds. The first-order chi connectivity index (χ1) is 13.7. The van der Waals surface area contributed by atoms with E-state index in [2.05, 4.69) is 10.2 Å². The van der Waals surface area contributed by atoms with Crippen LogP contribution in [0, 0.1) is 0 Å². The Morgan fingerprint density at radius 2 is 1.79 bits per heavy atom. The Kier molecular flexibility index (Phi) is 5.21. The standard InChI is InChI=1S/C20H20N4O3S/c1-4-27-14-7-5-13(6-8-14)19-21-22-20-24(19)23-17(12-28-20)16-11-15(25-2)9-10-18(16)26-3/h5-11H,4,12H2,1-3H3. The minimum Gasteiger partial charge on any atom is -0.497 e. The summed E-state index contributed by atoms with van der Waals surface area (Å²) in [5.41, 5.74) is 2.69. The third kappa shape index (κ3) is 3.43. The minimum atomic E-state index is 0.631. The van der Waals surface area contributed by atoms with Gasteiger partial charge in [-0.25, -0.2) is 0 Å². The molecular weight excluding hydrogens is 376 g/mol. The molecule has 0 saturated carbocycles. The van der Waals surface area contributed by atoms with E-state index >= 15 is 0 Å². The molecular formula is C20H20N4O3S. The van der Waals surface area contributed by atoms with E-state index in [9.17, 15) is 0 Å². The highest BCUT2D eigenvalue weighted by Gasteiger charge is 2.23. The van der Waals surface area contributed by atoms with Crippen molar-refractivity contribution in [1.29, 1.82) is 0 Å². The zero-order chi connectivity index (χ0) is 19.5. The molecule has 144 valence electrons. The number of hydrogen-bond donors (Lipinski definition) is 0. The molecule has 0 saturated heterocycles. The van der Waals surface area contributed by atoms with Crippen LogP contribution in [0.1, 0.15) is 12.5 Å². The highest BCUT2D eigenvalue weighted by Crippen LogP contribution is 2.32. The first-order valence-corrected chi connectivity index (χ1v) is 9.83. The Balaban J connectivity index is 1.74. The van der Waals surface area contributed by atoms with Crippen molar-refractivity contribution in [3.05, 3.63) is 48.0 Å². The molecule has 1 aliphatic heterocycles. The highest BCUT2D eigenvalue weighted by atomic mass is 32.2. The zero-order valence-electron chi connectivity index (χ0n) is 15.9. The van der Waals surface area contributed by atoms with Gasteiger partial charge in [0.1, 0.15) is 17.2 Å². The molecule has 4 rings (SSSR count). The van der Waals surface area contributed by atoms with Crippen molar-refractivity contribution in [2.24, 2.45) is 5.10 Å². The summed E-state index contributed by atoms with van der Waals surface area (Å²) in [6.07, 6.45) is 0. The summed E-state index contributed by atoms with van der Waals surface area (Å²) in [4.78, 5) is 0.